The SMILES string of the molecule is CCOC(=O)[C@](O)(c1ccc(N(C)C(=O)c2cccc(F)c2)cc1)C(F)(F)F. The summed E-state index contributed by atoms with van der Waals surface area (Å²) in [6.45, 7) is 0.963. The second-order valence-corrected chi connectivity index (χ2v) is 5.85. The van der Waals surface area contributed by atoms with Crippen LogP contribution in [0.3, 0.4) is 0 Å². The average molecular weight is 399 g/mol. The minimum Gasteiger partial charge on any atom is -0.463 e. The van der Waals surface area contributed by atoms with Crippen LogP contribution in [0.5, 0.6) is 0 Å². The van der Waals surface area contributed by atoms with E-state index in [1.807, 2.05) is 0 Å². The highest BCUT2D eigenvalue weighted by Gasteiger charge is 2.62. The lowest BCUT2D eigenvalue weighted by molar-refractivity contribution is -0.267. The number of hydrogen-bond acceptors (Lipinski definition) is 4. The van der Waals surface area contributed by atoms with Crippen molar-refractivity contribution in [3.63, 3.8) is 0 Å². The first-order valence-corrected chi connectivity index (χ1v) is 8.12. The molecule has 150 valence electrons. The summed E-state index contributed by atoms with van der Waals surface area (Å²) in [6, 6.07) is 8.92. The molecule has 2 aromatic rings. The molecule has 0 unspecified atom stereocenters. The minimum atomic E-state index is -5.32. The van der Waals surface area contributed by atoms with Gasteiger partial charge >= 0.3 is 12.1 Å². The summed E-state index contributed by atoms with van der Waals surface area (Å²) >= 11 is 0. The fraction of sp³-hybridized carbons (Fsp3) is 0.263. The Hall–Kier alpha value is -2.94. The molecule has 0 heterocycles. The van der Waals surface area contributed by atoms with Crippen molar-refractivity contribution in [2.45, 2.75) is 18.7 Å². The van der Waals surface area contributed by atoms with Crippen LogP contribution in [0.25, 0.3) is 0 Å². The minimum absolute atomic E-state index is 0.0462. The summed E-state index contributed by atoms with van der Waals surface area (Å²) < 4.78 is 57.7. The lowest BCUT2D eigenvalue weighted by Crippen LogP contribution is -2.50. The van der Waals surface area contributed by atoms with Crippen LogP contribution in [0.1, 0.15) is 22.8 Å². The number of hydrogen-bond donors (Lipinski definition) is 1. The molecule has 0 aliphatic carbocycles. The Labute approximate surface area is 158 Å². The van der Waals surface area contributed by atoms with Gasteiger partial charge in [0.15, 0.2) is 0 Å². The number of alkyl halides is 3. The van der Waals surface area contributed by atoms with Crippen LogP contribution in [-0.2, 0) is 15.1 Å². The largest absolute Gasteiger partial charge is 0.463 e. The zero-order valence-electron chi connectivity index (χ0n) is 15.0. The topological polar surface area (TPSA) is 66.8 Å². The highest BCUT2D eigenvalue weighted by atomic mass is 19.4. The zero-order chi connectivity index (χ0) is 21.1. The normalized spacial score (nSPS) is 13.5. The van der Waals surface area contributed by atoms with Crippen LogP contribution in [0.4, 0.5) is 23.2 Å². The molecule has 0 aromatic heterocycles. The number of benzene rings is 2. The van der Waals surface area contributed by atoms with Gasteiger partial charge in [0.05, 0.1) is 6.61 Å². The van der Waals surface area contributed by atoms with Gasteiger partial charge in [-0.3, -0.25) is 4.79 Å². The van der Waals surface area contributed by atoms with Crippen molar-refractivity contribution >= 4 is 17.6 Å². The molecule has 2 rings (SSSR count). The first kappa shape index (κ1) is 21.4. The fourth-order valence-electron chi connectivity index (χ4n) is 2.49. The third-order valence-corrected chi connectivity index (χ3v) is 4.03. The first-order chi connectivity index (χ1) is 13.0. The molecular formula is C19H17F4NO4. The predicted octanol–water partition coefficient (Wildman–Crippen LogP) is 3.42. The number of ether oxygens (including phenoxy) is 1. The Morgan fingerprint density at radius 1 is 1.11 bits per heavy atom. The van der Waals surface area contributed by atoms with E-state index in [0.29, 0.717) is 0 Å². The van der Waals surface area contributed by atoms with E-state index < -0.39 is 35.0 Å². The van der Waals surface area contributed by atoms with Crippen LogP contribution in [0.15, 0.2) is 48.5 Å². The van der Waals surface area contributed by atoms with Crippen molar-refractivity contribution in [1.29, 1.82) is 0 Å². The molecule has 0 aliphatic rings. The number of nitrogens with zero attached hydrogens (tertiary/aromatic N) is 1. The van der Waals surface area contributed by atoms with Gasteiger partial charge in [0.1, 0.15) is 5.82 Å². The van der Waals surface area contributed by atoms with Gasteiger partial charge in [-0.05, 0) is 37.3 Å². The first-order valence-electron chi connectivity index (χ1n) is 8.12. The van der Waals surface area contributed by atoms with Gasteiger partial charge in [-0.2, -0.15) is 13.2 Å². The van der Waals surface area contributed by atoms with Gasteiger partial charge in [0.25, 0.3) is 11.5 Å². The second-order valence-electron chi connectivity index (χ2n) is 5.85. The Kier molecular flexibility index (Phi) is 6.08. The van der Waals surface area contributed by atoms with Crippen molar-refractivity contribution in [1.82, 2.24) is 0 Å². The standard InChI is InChI=1S/C19H17F4NO4/c1-3-28-17(26)18(27,19(21,22)23)13-7-9-15(10-8-13)24(2)16(25)12-5-4-6-14(20)11-12/h4-11,27H,3H2,1-2H3/t18-/m1/s1. The Balaban J connectivity index is 2.35. The van der Waals surface area contributed by atoms with E-state index in [2.05, 4.69) is 4.74 Å². The van der Waals surface area contributed by atoms with Crippen molar-refractivity contribution in [2.24, 2.45) is 0 Å². The number of carbonyl (C=O) groups excluding carboxylic acids is 2. The van der Waals surface area contributed by atoms with Gasteiger partial charge in [0, 0.05) is 23.9 Å². The molecule has 5 nitrogen and oxygen atoms in total. The fourth-order valence-corrected chi connectivity index (χ4v) is 2.49. The molecule has 1 atom stereocenters. The summed E-state index contributed by atoms with van der Waals surface area (Å²) in [4.78, 5) is 25.2. The number of esters is 1. The molecule has 0 saturated heterocycles. The number of aliphatic hydroxyl groups is 1. The number of rotatable bonds is 5. The summed E-state index contributed by atoms with van der Waals surface area (Å²) in [5.41, 5.74) is -4.38. The van der Waals surface area contributed by atoms with Crippen molar-refractivity contribution in [2.75, 3.05) is 18.6 Å². The van der Waals surface area contributed by atoms with E-state index in [4.69, 9.17) is 0 Å². The molecule has 0 bridgehead atoms. The molecule has 0 radical (unpaired) electrons. The highest BCUT2D eigenvalue weighted by molar-refractivity contribution is 6.05. The number of amides is 1. The summed E-state index contributed by atoms with van der Waals surface area (Å²) in [6.07, 6.45) is -5.32. The Morgan fingerprint density at radius 3 is 2.21 bits per heavy atom. The molecular weight excluding hydrogens is 382 g/mol. The average Bonchev–Trinajstić information content (AvgIpc) is 2.65. The van der Waals surface area contributed by atoms with E-state index in [0.717, 1.165) is 35.2 Å². The maximum absolute atomic E-state index is 13.4. The maximum atomic E-state index is 13.4. The lowest BCUT2D eigenvalue weighted by atomic mass is 9.93. The lowest BCUT2D eigenvalue weighted by Gasteiger charge is -2.29. The van der Waals surface area contributed by atoms with E-state index in [-0.39, 0.29) is 17.9 Å². The molecule has 0 fully saturated rings. The molecule has 1 N–H and O–H groups in total. The van der Waals surface area contributed by atoms with Crippen LogP contribution >= 0.6 is 0 Å². The van der Waals surface area contributed by atoms with Crippen molar-refractivity contribution in [3.8, 4) is 0 Å². The second kappa shape index (κ2) is 7.97. The molecule has 28 heavy (non-hydrogen) atoms. The quantitative estimate of drug-likeness (QED) is 0.618. The highest BCUT2D eigenvalue weighted by Crippen LogP contribution is 2.40. The summed E-state index contributed by atoms with van der Waals surface area (Å²) in [5.74, 6) is -3.05. The zero-order valence-corrected chi connectivity index (χ0v) is 15.0. The van der Waals surface area contributed by atoms with Crippen LogP contribution in [-0.4, -0.2) is 36.8 Å². The molecule has 9 heteroatoms. The number of carbonyl (C=O) groups is 2. The third-order valence-electron chi connectivity index (χ3n) is 4.03. The van der Waals surface area contributed by atoms with E-state index in [9.17, 15) is 32.3 Å². The summed E-state index contributed by atoms with van der Waals surface area (Å²) in [5, 5.41) is 10.0. The van der Waals surface area contributed by atoms with Gasteiger partial charge in [-0.25, -0.2) is 9.18 Å². The Bertz CT molecular complexity index is 867. The number of anilines is 1. The molecule has 2 aromatic carbocycles. The van der Waals surface area contributed by atoms with Crippen LogP contribution < -0.4 is 4.90 Å². The maximum Gasteiger partial charge on any atom is 0.432 e. The van der Waals surface area contributed by atoms with Gasteiger partial charge in [-0.1, -0.05) is 18.2 Å². The van der Waals surface area contributed by atoms with Gasteiger partial charge in [0.2, 0.25) is 0 Å². The third kappa shape index (κ3) is 3.99. The Morgan fingerprint density at radius 2 is 1.71 bits per heavy atom. The van der Waals surface area contributed by atoms with Crippen LogP contribution in [0, 0.1) is 5.82 Å². The van der Waals surface area contributed by atoms with Crippen molar-refractivity contribution < 1.29 is 37.0 Å². The number of halogens is 4. The smallest absolute Gasteiger partial charge is 0.432 e. The molecule has 0 spiro atoms. The molecule has 1 amide bonds. The van der Waals surface area contributed by atoms with Gasteiger partial charge in [-0.15, -0.1) is 0 Å². The van der Waals surface area contributed by atoms with E-state index >= 15 is 0 Å². The van der Waals surface area contributed by atoms with E-state index in [1.54, 1.807) is 0 Å². The van der Waals surface area contributed by atoms with E-state index in [1.165, 1.54) is 32.2 Å². The van der Waals surface area contributed by atoms with Crippen LogP contribution in [0.2, 0.25) is 0 Å². The van der Waals surface area contributed by atoms with Gasteiger partial charge < -0.3 is 14.7 Å². The molecule has 0 saturated carbocycles. The monoisotopic (exact) mass is 399 g/mol. The summed E-state index contributed by atoms with van der Waals surface area (Å²) in [7, 11) is 1.35. The molecule has 0 aliphatic heterocycles. The van der Waals surface area contributed by atoms with Crippen molar-refractivity contribution in [3.05, 3.63) is 65.5 Å². The predicted molar refractivity (Wildman–Crippen MR) is 92.2 cm³/mol.